The molecule has 0 bridgehead atoms. The molecule has 3 rings (SSSR count). The molecule has 1 heteroatoms. The lowest BCUT2D eigenvalue weighted by Gasteiger charge is -2.00. The van der Waals surface area contributed by atoms with E-state index in [0.717, 1.165) is 16.7 Å². The summed E-state index contributed by atoms with van der Waals surface area (Å²) in [7, 11) is 0. The van der Waals surface area contributed by atoms with E-state index in [-0.39, 0.29) is 6.10 Å². The Morgan fingerprint density at radius 3 is 2.57 bits per heavy atom. The van der Waals surface area contributed by atoms with Crippen LogP contribution in [0, 0.1) is 0 Å². The van der Waals surface area contributed by atoms with Crippen molar-refractivity contribution in [1.29, 1.82) is 0 Å². The Morgan fingerprint density at radius 2 is 1.71 bits per heavy atom. The molecule has 68 valence electrons. The van der Waals surface area contributed by atoms with E-state index in [1.807, 2.05) is 30.4 Å². The van der Waals surface area contributed by atoms with Gasteiger partial charge in [0.15, 0.2) is 0 Å². The summed E-state index contributed by atoms with van der Waals surface area (Å²) < 4.78 is 0. The third-order valence-electron chi connectivity index (χ3n) is 2.71. The fourth-order valence-corrected chi connectivity index (χ4v) is 1.91. The smallest absolute Gasteiger partial charge is 0.105 e. The second-order valence-corrected chi connectivity index (χ2v) is 3.58. The maximum Gasteiger partial charge on any atom is 0.105 e. The predicted molar refractivity (Wildman–Crippen MR) is 57.7 cm³/mol. The Bertz CT molecular complexity index is 478. The van der Waals surface area contributed by atoms with E-state index in [9.17, 15) is 5.11 Å². The lowest BCUT2D eigenvalue weighted by atomic mass is 10.0. The molecule has 0 amide bonds. The topological polar surface area (TPSA) is 20.2 Å². The molecule has 1 aromatic carbocycles. The van der Waals surface area contributed by atoms with E-state index < -0.39 is 0 Å². The lowest BCUT2D eigenvalue weighted by Crippen LogP contribution is -1.81. The first-order chi connectivity index (χ1) is 6.88. The highest BCUT2D eigenvalue weighted by molar-refractivity contribution is 5.76. The summed E-state index contributed by atoms with van der Waals surface area (Å²) in [6.07, 6.45) is 11.8. The SMILES string of the molecule is OC1c2ccc3c(c21)\C=C/C=C\C=C/3. The van der Waals surface area contributed by atoms with Crippen LogP contribution in [0.15, 0.2) is 36.4 Å². The first kappa shape index (κ1) is 7.77. The second kappa shape index (κ2) is 2.69. The Hall–Kier alpha value is -1.60. The summed E-state index contributed by atoms with van der Waals surface area (Å²) >= 11 is 0. The van der Waals surface area contributed by atoms with Crippen molar-refractivity contribution >= 4 is 12.2 Å². The molecule has 2 aliphatic rings. The summed E-state index contributed by atoms with van der Waals surface area (Å²) in [6.45, 7) is 0. The van der Waals surface area contributed by atoms with Crippen molar-refractivity contribution in [3.05, 3.63) is 58.7 Å². The van der Waals surface area contributed by atoms with E-state index in [2.05, 4.69) is 18.2 Å². The van der Waals surface area contributed by atoms with Crippen molar-refractivity contribution in [3.8, 4) is 0 Å². The lowest BCUT2D eigenvalue weighted by molar-refractivity contribution is 0.267. The fourth-order valence-electron chi connectivity index (χ4n) is 1.91. The van der Waals surface area contributed by atoms with Crippen LogP contribution in [0.4, 0.5) is 0 Å². The van der Waals surface area contributed by atoms with Crippen molar-refractivity contribution in [1.82, 2.24) is 0 Å². The molecule has 1 unspecified atom stereocenters. The molecule has 1 aromatic rings. The summed E-state index contributed by atoms with van der Waals surface area (Å²) in [6, 6.07) is 4.06. The molecule has 1 atom stereocenters. The van der Waals surface area contributed by atoms with E-state index in [4.69, 9.17) is 0 Å². The third kappa shape index (κ3) is 0.994. The molecular formula is C13H10O. The first-order valence-corrected chi connectivity index (χ1v) is 4.74. The van der Waals surface area contributed by atoms with Crippen LogP contribution in [0.1, 0.15) is 28.4 Å². The van der Waals surface area contributed by atoms with Crippen LogP contribution in [0.5, 0.6) is 0 Å². The number of allylic oxidation sites excluding steroid dienone is 4. The largest absolute Gasteiger partial charge is 0.384 e. The molecule has 0 heterocycles. The van der Waals surface area contributed by atoms with E-state index in [1.54, 1.807) is 0 Å². The number of benzene rings is 1. The summed E-state index contributed by atoms with van der Waals surface area (Å²) in [5.74, 6) is 0. The van der Waals surface area contributed by atoms with Crippen LogP contribution >= 0.6 is 0 Å². The molecule has 1 N–H and O–H groups in total. The zero-order chi connectivity index (χ0) is 9.54. The van der Waals surface area contributed by atoms with E-state index >= 15 is 0 Å². The van der Waals surface area contributed by atoms with Gasteiger partial charge in [0, 0.05) is 0 Å². The maximum absolute atomic E-state index is 9.59. The minimum atomic E-state index is -0.319. The fraction of sp³-hybridized carbons (Fsp3) is 0.0769. The predicted octanol–water partition coefficient (Wildman–Crippen LogP) is 2.68. The first-order valence-electron chi connectivity index (χ1n) is 4.74. The molecule has 14 heavy (non-hydrogen) atoms. The van der Waals surface area contributed by atoms with Crippen molar-refractivity contribution in [2.75, 3.05) is 0 Å². The van der Waals surface area contributed by atoms with Gasteiger partial charge in [0.2, 0.25) is 0 Å². The van der Waals surface area contributed by atoms with Gasteiger partial charge in [-0.1, -0.05) is 48.6 Å². The summed E-state index contributed by atoms with van der Waals surface area (Å²) in [4.78, 5) is 0. The number of hydrogen-bond donors (Lipinski definition) is 1. The van der Waals surface area contributed by atoms with Gasteiger partial charge in [0.1, 0.15) is 6.10 Å². The summed E-state index contributed by atoms with van der Waals surface area (Å²) in [5.41, 5.74) is 4.52. The summed E-state index contributed by atoms with van der Waals surface area (Å²) in [5, 5.41) is 9.59. The van der Waals surface area contributed by atoms with Crippen molar-refractivity contribution in [3.63, 3.8) is 0 Å². The van der Waals surface area contributed by atoms with Gasteiger partial charge in [-0.2, -0.15) is 0 Å². The monoisotopic (exact) mass is 182 g/mol. The second-order valence-electron chi connectivity index (χ2n) is 3.58. The normalized spacial score (nSPS) is 27.9. The van der Waals surface area contributed by atoms with Crippen LogP contribution in [-0.4, -0.2) is 5.11 Å². The molecule has 0 radical (unpaired) electrons. The molecule has 0 saturated heterocycles. The molecule has 0 aliphatic heterocycles. The van der Waals surface area contributed by atoms with Crippen LogP contribution in [0.25, 0.3) is 12.2 Å². The van der Waals surface area contributed by atoms with Gasteiger partial charge < -0.3 is 5.11 Å². The number of fused-ring (bicyclic) bond motifs is 3. The van der Waals surface area contributed by atoms with Crippen LogP contribution in [-0.2, 0) is 0 Å². The molecule has 0 fully saturated rings. The number of hydrogen-bond acceptors (Lipinski definition) is 1. The number of aliphatic hydroxyl groups excluding tert-OH is 1. The zero-order valence-electron chi connectivity index (χ0n) is 7.64. The Morgan fingerprint density at radius 1 is 0.929 bits per heavy atom. The highest BCUT2D eigenvalue weighted by Gasteiger charge is 2.33. The van der Waals surface area contributed by atoms with Crippen molar-refractivity contribution in [2.45, 2.75) is 6.10 Å². The van der Waals surface area contributed by atoms with Gasteiger partial charge >= 0.3 is 0 Å². The minimum absolute atomic E-state index is 0.319. The standard InChI is InChI=1S/C13H10O/c14-13-11-8-7-9-5-3-1-2-4-6-10(9)12(11)13/h1-8,13-14H/b2-1-,3-1?,4-2?,5-3-,6-4-,9-5?,10-6?. The van der Waals surface area contributed by atoms with Crippen molar-refractivity contribution in [2.24, 2.45) is 0 Å². The van der Waals surface area contributed by atoms with Gasteiger partial charge in [-0.15, -0.1) is 0 Å². The highest BCUT2D eigenvalue weighted by atomic mass is 16.3. The van der Waals surface area contributed by atoms with Gasteiger partial charge in [0.05, 0.1) is 0 Å². The molecule has 0 saturated carbocycles. The van der Waals surface area contributed by atoms with Gasteiger partial charge in [-0.25, -0.2) is 0 Å². The van der Waals surface area contributed by atoms with Gasteiger partial charge in [0.25, 0.3) is 0 Å². The number of rotatable bonds is 0. The van der Waals surface area contributed by atoms with Crippen molar-refractivity contribution < 1.29 is 5.11 Å². The quantitative estimate of drug-likeness (QED) is 0.654. The molecule has 0 aromatic heterocycles. The Balaban J connectivity index is 2.22. The third-order valence-corrected chi connectivity index (χ3v) is 2.71. The number of aliphatic hydroxyl groups is 1. The van der Waals surface area contributed by atoms with Crippen LogP contribution in [0.2, 0.25) is 0 Å². The minimum Gasteiger partial charge on any atom is -0.384 e. The highest BCUT2D eigenvalue weighted by Crippen LogP contribution is 2.45. The zero-order valence-corrected chi connectivity index (χ0v) is 7.64. The van der Waals surface area contributed by atoms with Gasteiger partial charge in [-0.05, 0) is 22.3 Å². The molecule has 2 aliphatic carbocycles. The van der Waals surface area contributed by atoms with E-state index in [1.165, 1.54) is 5.56 Å². The van der Waals surface area contributed by atoms with E-state index in [0.29, 0.717) is 0 Å². The average molecular weight is 182 g/mol. The Labute approximate surface area is 82.7 Å². The molecular weight excluding hydrogens is 172 g/mol. The maximum atomic E-state index is 9.59. The molecule has 1 nitrogen and oxygen atoms in total. The Kier molecular flexibility index (Phi) is 1.49. The van der Waals surface area contributed by atoms with Crippen LogP contribution in [0.3, 0.4) is 0 Å². The molecule has 0 spiro atoms. The van der Waals surface area contributed by atoms with Gasteiger partial charge in [-0.3, -0.25) is 0 Å². The van der Waals surface area contributed by atoms with Crippen LogP contribution < -0.4 is 0 Å². The average Bonchev–Trinajstić information content (AvgIpc) is 2.78.